The summed E-state index contributed by atoms with van der Waals surface area (Å²) in [7, 11) is 1.61. The number of carbonyl (C=O) groups is 1. The molecule has 7 heteroatoms. The molecular formula is C21H22FN3O3. The third-order valence-corrected chi connectivity index (χ3v) is 5.15. The predicted molar refractivity (Wildman–Crippen MR) is 104 cm³/mol. The molecule has 0 saturated carbocycles. The second-order valence-electron chi connectivity index (χ2n) is 6.83. The Hall–Kier alpha value is -3.09. The Morgan fingerprint density at radius 2 is 1.82 bits per heavy atom. The maximum absolute atomic E-state index is 13.1. The summed E-state index contributed by atoms with van der Waals surface area (Å²) in [5.41, 5.74) is 2.54. The van der Waals surface area contributed by atoms with Crippen LogP contribution in [0.25, 0.3) is 0 Å². The Kier molecular flexibility index (Phi) is 5.14. The number of oxime groups is 1. The highest BCUT2D eigenvalue weighted by Gasteiger charge is 2.34. The molecule has 2 aromatic rings. The lowest BCUT2D eigenvalue weighted by molar-refractivity contribution is -0.142. The number of piperazine rings is 1. The first-order valence-corrected chi connectivity index (χ1v) is 9.31. The molecular weight excluding hydrogens is 361 g/mol. The summed E-state index contributed by atoms with van der Waals surface area (Å²) < 4.78 is 18.5. The van der Waals surface area contributed by atoms with E-state index >= 15 is 0 Å². The highest BCUT2D eigenvalue weighted by Crippen LogP contribution is 2.26. The highest BCUT2D eigenvalue weighted by atomic mass is 19.1. The second-order valence-corrected chi connectivity index (χ2v) is 6.83. The minimum atomic E-state index is -0.600. The van der Waals surface area contributed by atoms with E-state index in [-0.39, 0.29) is 11.7 Å². The number of hydrogen-bond donors (Lipinski definition) is 0. The lowest BCUT2D eigenvalue weighted by atomic mass is 10.0. The number of benzene rings is 2. The number of rotatable bonds is 4. The molecule has 0 N–H and O–H groups in total. The number of hydrogen-bond acceptors (Lipinski definition) is 5. The van der Waals surface area contributed by atoms with Crippen LogP contribution in [0, 0.1) is 5.82 Å². The summed E-state index contributed by atoms with van der Waals surface area (Å²) in [6.45, 7) is 2.59. The number of carbonyl (C=O) groups excluding carboxylic acids is 1. The summed E-state index contributed by atoms with van der Waals surface area (Å²) in [6.07, 6.45) is -0.172. The number of ether oxygens (including phenoxy) is 1. The van der Waals surface area contributed by atoms with Crippen molar-refractivity contribution < 1.29 is 18.8 Å². The van der Waals surface area contributed by atoms with Crippen molar-refractivity contribution in [1.82, 2.24) is 4.90 Å². The minimum absolute atomic E-state index is 0.0487. The first-order valence-electron chi connectivity index (χ1n) is 9.31. The summed E-state index contributed by atoms with van der Waals surface area (Å²) >= 11 is 0. The van der Waals surface area contributed by atoms with Crippen LogP contribution in [0.4, 0.5) is 10.1 Å². The van der Waals surface area contributed by atoms with Crippen molar-refractivity contribution in [2.24, 2.45) is 5.16 Å². The van der Waals surface area contributed by atoms with Gasteiger partial charge in [-0.15, -0.1) is 0 Å². The average Bonchev–Trinajstić information content (AvgIpc) is 3.24. The number of para-hydroxylation sites is 1. The van der Waals surface area contributed by atoms with E-state index in [4.69, 9.17) is 9.57 Å². The first kappa shape index (κ1) is 18.3. The number of methoxy groups -OCH3 is 1. The number of anilines is 1. The SMILES string of the molecule is COc1ccccc1C1=NO[C@@H](C(=O)N2CCN(c3ccc(F)cc3)CC2)C1. The maximum atomic E-state index is 13.1. The van der Waals surface area contributed by atoms with Crippen LogP contribution >= 0.6 is 0 Å². The van der Waals surface area contributed by atoms with E-state index in [1.165, 1.54) is 12.1 Å². The fourth-order valence-electron chi connectivity index (χ4n) is 3.59. The van der Waals surface area contributed by atoms with E-state index in [0.717, 1.165) is 17.0 Å². The van der Waals surface area contributed by atoms with Gasteiger partial charge in [-0.2, -0.15) is 0 Å². The average molecular weight is 383 g/mol. The summed E-state index contributed by atoms with van der Waals surface area (Å²) in [5.74, 6) is 0.417. The van der Waals surface area contributed by atoms with Crippen molar-refractivity contribution in [3.05, 3.63) is 59.9 Å². The molecule has 2 aliphatic rings. The molecule has 146 valence electrons. The Morgan fingerprint density at radius 3 is 2.54 bits per heavy atom. The lowest BCUT2D eigenvalue weighted by Crippen LogP contribution is -2.51. The van der Waals surface area contributed by atoms with E-state index in [9.17, 15) is 9.18 Å². The molecule has 0 bridgehead atoms. The van der Waals surface area contributed by atoms with Gasteiger partial charge in [0.05, 0.1) is 12.8 Å². The van der Waals surface area contributed by atoms with Crippen LogP contribution in [0.1, 0.15) is 12.0 Å². The number of amides is 1. The largest absolute Gasteiger partial charge is 0.496 e. The van der Waals surface area contributed by atoms with Crippen molar-refractivity contribution in [2.45, 2.75) is 12.5 Å². The molecule has 2 heterocycles. The molecule has 0 aromatic heterocycles. The van der Waals surface area contributed by atoms with Crippen LogP contribution in [-0.2, 0) is 9.63 Å². The van der Waals surface area contributed by atoms with Crippen molar-refractivity contribution >= 4 is 17.3 Å². The molecule has 1 amide bonds. The Balaban J connectivity index is 1.34. The monoisotopic (exact) mass is 383 g/mol. The van der Waals surface area contributed by atoms with E-state index in [1.54, 1.807) is 19.2 Å². The third-order valence-electron chi connectivity index (χ3n) is 5.15. The molecule has 2 aliphatic heterocycles. The lowest BCUT2D eigenvalue weighted by Gasteiger charge is -2.36. The normalized spacial score (nSPS) is 19.2. The van der Waals surface area contributed by atoms with Crippen LogP contribution in [0.2, 0.25) is 0 Å². The Bertz CT molecular complexity index is 877. The maximum Gasteiger partial charge on any atom is 0.267 e. The van der Waals surface area contributed by atoms with Gasteiger partial charge in [0.2, 0.25) is 6.10 Å². The Labute approximate surface area is 163 Å². The van der Waals surface area contributed by atoms with Crippen molar-refractivity contribution in [3.63, 3.8) is 0 Å². The molecule has 0 spiro atoms. The number of halogens is 1. The van der Waals surface area contributed by atoms with Crippen LogP contribution in [0.15, 0.2) is 53.7 Å². The van der Waals surface area contributed by atoms with Gasteiger partial charge in [0.25, 0.3) is 5.91 Å². The van der Waals surface area contributed by atoms with Crippen LogP contribution in [0.3, 0.4) is 0 Å². The third kappa shape index (κ3) is 3.65. The molecule has 4 rings (SSSR count). The topological polar surface area (TPSA) is 54.4 Å². The molecule has 1 atom stereocenters. The zero-order valence-electron chi connectivity index (χ0n) is 15.7. The Morgan fingerprint density at radius 1 is 1.11 bits per heavy atom. The van der Waals surface area contributed by atoms with Crippen molar-refractivity contribution in [3.8, 4) is 5.75 Å². The quantitative estimate of drug-likeness (QED) is 0.815. The van der Waals surface area contributed by atoms with Gasteiger partial charge in [-0.3, -0.25) is 4.79 Å². The van der Waals surface area contributed by atoms with Crippen LogP contribution in [-0.4, -0.2) is 55.9 Å². The molecule has 6 nitrogen and oxygen atoms in total. The number of nitrogens with zero attached hydrogens (tertiary/aromatic N) is 3. The van der Waals surface area contributed by atoms with Gasteiger partial charge < -0.3 is 19.4 Å². The molecule has 1 saturated heterocycles. The molecule has 0 aliphatic carbocycles. The summed E-state index contributed by atoms with van der Waals surface area (Å²) in [6, 6.07) is 14.0. The van der Waals surface area contributed by atoms with Gasteiger partial charge in [-0.05, 0) is 36.4 Å². The van der Waals surface area contributed by atoms with Gasteiger partial charge in [0.1, 0.15) is 11.6 Å². The zero-order chi connectivity index (χ0) is 19.5. The molecule has 1 fully saturated rings. The fraction of sp³-hybridized carbons (Fsp3) is 0.333. The standard InChI is InChI=1S/C21H22FN3O3/c1-27-19-5-3-2-4-17(19)18-14-20(28-23-18)21(26)25-12-10-24(11-13-25)16-8-6-15(22)7-9-16/h2-9,20H,10-14H2,1H3/t20-/m1/s1. The summed E-state index contributed by atoms with van der Waals surface area (Å²) in [5, 5.41) is 4.13. The smallest absolute Gasteiger partial charge is 0.267 e. The molecule has 28 heavy (non-hydrogen) atoms. The van der Waals surface area contributed by atoms with Crippen LogP contribution in [0.5, 0.6) is 5.75 Å². The van der Waals surface area contributed by atoms with E-state index < -0.39 is 6.10 Å². The van der Waals surface area contributed by atoms with E-state index in [0.29, 0.717) is 38.3 Å². The second kappa shape index (κ2) is 7.88. The summed E-state index contributed by atoms with van der Waals surface area (Å²) in [4.78, 5) is 22.3. The van der Waals surface area contributed by atoms with Gasteiger partial charge in [-0.25, -0.2) is 4.39 Å². The van der Waals surface area contributed by atoms with Crippen LogP contribution < -0.4 is 9.64 Å². The van der Waals surface area contributed by atoms with E-state index in [2.05, 4.69) is 10.1 Å². The zero-order valence-corrected chi connectivity index (χ0v) is 15.7. The highest BCUT2D eigenvalue weighted by molar-refractivity contribution is 6.05. The van der Waals surface area contributed by atoms with E-state index in [1.807, 2.05) is 29.2 Å². The van der Waals surface area contributed by atoms with Gasteiger partial charge in [-0.1, -0.05) is 17.3 Å². The van der Waals surface area contributed by atoms with Gasteiger partial charge >= 0.3 is 0 Å². The minimum Gasteiger partial charge on any atom is -0.496 e. The molecule has 0 unspecified atom stereocenters. The predicted octanol–water partition coefficient (Wildman–Crippen LogP) is 2.68. The van der Waals surface area contributed by atoms with Crippen molar-refractivity contribution in [2.75, 3.05) is 38.2 Å². The van der Waals surface area contributed by atoms with Crippen molar-refractivity contribution in [1.29, 1.82) is 0 Å². The molecule has 2 aromatic carbocycles. The first-order chi connectivity index (χ1) is 13.7. The fourth-order valence-corrected chi connectivity index (χ4v) is 3.59. The van der Waals surface area contributed by atoms with Gasteiger partial charge in [0.15, 0.2) is 0 Å². The van der Waals surface area contributed by atoms with Gasteiger partial charge in [0, 0.05) is 43.9 Å². The molecule has 0 radical (unpaired) electrons.